The molecule has 6 heteroatoms. The molecule has 0 amide bonds. The largest absolute Gasteiger partial charge is 0.489 e. The number of nitro benzene ring substituents is 1. The fraction of sp³-hybridized carbons (Fsp3) is 0.0526. The lowest BCUT2D eigenvalue weighted by Crippen LogP contribution is -1.95. The number of benzene rings is 3. The van der Waals surface area contributed by atoms with E-state index in [0.29, 0.717) is 18.1 Å². The molecule has 0 aliphatic heterocycles. The van der Waals surface area contributed by atoms with E-state index >= 15 is 0 Å². The monoisotopic (exact) mass is 339 g/mol. The fourth-order valence-electron chi connectivity index (χ4n) is 2.16. The van der Waals surface area contributed by atoms with Crippen LogP contribution in [0.5, 0.6) is 17.2 Å². The lowest BCUT2D eigenvalue weighted by molar-refractivity contribution is -0.385. The molecule has 0 saturated carbocycles. The molecule has 0 unspecified atom stereocenters. The standard InChI is InChI=1S/C19H14FNO4/c20-18-12-15(21(22)23)6-11-19(18)25-17-9-7-16(8-10-17)24-13-14-4-2-1-3-5-14/h1-12H,13H2. The van der Waals surface area contributed by atoms with Crippen LogP contribution in [0.3, 0.4) is 0 Å². The Balaban J connectivity index is 1.63. The van der Waals surface area contributed by atoms with Gasteiger partial charge in [-0.25, -0.2) is 4.39 Å². The number of nitrogens with zero attached hydrogens (tertiary/aromatic N) is 1. The molecular formula is C19H14FNO4. The molecule has 0 radical (unpaired) electrons. The van der Waals surface area contributed by atoms with E-state index < -0.39 is 10.7 Å². The summed E-state index contributed by atoms with van der Waals surface area (Å²) < 4.78 is 24.9. The summed E-state index contributed by atoms with van der Waals surface area (Å²) in [6.07, 6.45) is 0. The number of nitro groups is 1. The van der Waals surface area contributed by atoms with Crippen molar-refractivity contribution in [3.8, 4) is 17.2 Å². The molecule has 3 aromatic carbocycles. The van der Waals surface area contributed by atoms with Crippen LogP contribution in [0.1, 0.15) is 5.56 Å². The van der Waals surface area contributed by atoms with E-state index in [-0.39, 0.29) is 11.4 Å². The molecule has 0 aliphatic rings. The molecule has 0 saturated heterocycles. The van der Waals surface area contributed by atoms with Gasteiger partial charge in [0.2, 0.25) is 0 Å². The normalized spacial score (nSPS) is 10.3. The quantitative estimate of drug-likeness (QED) is 0.463. The molecule has 3 rings (SSSR count). The van der Waals surface area contributed by atoms with Crippen molar-refractivity contribution >= 4 is 5.69 Å². The van der Waals surface area contributed by atoms with Gasteiger partial charge >= 0.3 is 0 Å². The van der Waals surface area contributed by atoms with E-state index in [1.165, 1.54) is 12.1 Å². The molecule has 0 bridgehead atoms. The van der Waals surface area contributed by atoms with Crippen molar-refractivity contribution in [2.45, 2.75) is 6.61 Å². The third-order valence-corrected chi connectivity index (χ3v) is 3.43. The van der Waals surface area contributed by atoms with Gasteiger partial charge in [0, 0.05) is 6.07 Å². The molecule has 0 aliphatic carbocycles. The second kappa shape index (κ2) is 7.44. The van der Waals surface area contributed by atoms with Gasteiger partial charge in [-0.1, -0.05) is 30.3 Å². The first-order valence-corrected chi connectivity index (χ1v) is 7.50. The molecule has 5 nitrogen and oxygen atoms in total. The second-order valence-corrected chi connectivity index (χ2v) is 5.22. The third-order valence-electron chi connectivity index (χ3n) is 3.43. The van der Waals surface area contributed by atoms with Gasteiger partial charge in [0.05, 0.1) is 11.0 Å². The minimum atomic E-state index is -0.793. The van der Waals surface area contributed by atoms with Crippen LogP contribution in [0.25, 0.3) is 0 Å². The van der Waals surface area contributed by atoms with Crippen molar-refractivity contribution in [1.29, 1.82) is 0 Å². The maximum absolute atomic E-state index is 13.8. The first-order chi connectivity index (χ1) is 12.1. The Morgan fingerprint density at radius 3 is 2.24 bits per heavy atom. The van der Waals surface area contributed by atoms with Crippen molar-refractivity contribution in [3.05, 3.63) is 94.3 Å². The van der Waals surface area contributed by atoms with Crippen LogP contribution in [0.15, 0.2) is 72.8 Å². The van der Waals surface area contributed by atoms with Crippen LogP contribution >= 0.6 is 0 Å². The summed E-state index contributed by atoms with van der Waals surface area (Å²) in [4.78, 5) is 9.95. The molecule has 0 aromatic heterocycles. The summed E-state index contributed by atoms with van der Waals surface area (Å²) in [5, 5.41) is 10.6. The van der Waals surface area contributed by atoms with E-state index in [1.54, 1.807) is 24.3 Å². The van der Waals surface area contributed by atoms with Crippen molar-refractivity contribution in [1.82, 2.24) is 0 Å². The summed E-state index contributed by atoms with van der Waals surface area (Å²) in [6.45, 7) is 0.442. The first kappa shape index (κ1) is 16.4. The number of hydrogen-bond acceptors (Lipinski definition) is 4. The Kier molecular flexibility index (Phi) is 4.89. The molecule has 25 heavy (non-hydrogen) atoms. The molecule has 126 valence electrons. The topological polar surface area (TPSA) is 61.6 Å². The second-order valence-electron chi connectivity index (χ2n) is 5.22. The minimum Gasteiger partial charge on any atom is -0.489 e. The number of rotatable bonds is 6. The molecule has 3 aromatic rings. The molecule has 0 N–H and O–H groups in total. The van der Waals surface area contributed by atoms with Gasteiger partial charge in [-0.3, -0.25) is 10.1 Å². The molecule has 0 spiro atoms. The van der Waals surface area contributed by atoms with E-state index in [9.17, 15) is 14.5 Å². The van der Waals surface area contributed by atoms with Gasteiger partial charge in [-0.2, -0.15) is 0 Å². The molecular weight excluding hydrogens is 325 g/mol. The van der Waals surface area contributed by atoms with E-state index in [0.717, 1.165) is 11.6 Å². The van der Waals surface area contributed by atoms with Crippen LogP contribution in [-0.4, -0.2) is 4.92 Å². The number of ether oxygens (including phenoxy) is 2. The highest BCUT2D eigenvalue weighted by atomic mass is 19.1. The van der Waals surface area contributed by atoms with Crippen molar-refractivity contribution in [3.63, 3.8) is 0 Å². The van der Waals surface area contributed by atoms with Gasteiger partial charge in [0.15, 0.2) is 11.6 Å². The van der Waals surface area contributed by atoms with E-state index in [2.05, 4.69) is 0 Å². The lowest BCUT2D eigenvalue weighted by atomic mass is 10.2. The molecule has 0 fully saturated rings. The average Bonchev–Trinajstić information content (AvgIpc) is 2.63. The Morgan fingerprint density at radius 2 is 1.60 bits per heavy atom. The van der Waals surface area contributed by atoms with Crippen LogP contribution in [0.4, 0.5) is 10.1 Å². The average molecular weight is 339 g/mol. The Morgan fingerprint density at radius 1 is 0.920 bits per heavy atom. The van der Waals surface area contributed by atoms with Gasteiger partial charge in [-0.05, 0) is 35.9 Å². The van der Waals surface area contributed by atoms with Crippen molar-refractivity contribution < 1.29 is 18.8 Å². The van der Waals surface area contributed by atoms with Gasteiger partial charge < -0.3 is 9.47 Å². The number of hydrogen-bond donors (Lipinski definition) is 0. The van der Waals surface area contributed by atoms with E-state index in [1.807, 2.05) is 30.3 Å². The SMILES string of the molecule is O=[N+]([O-])c1ccc(Oc2ccc(OCc3ccccc3)cc2)c(F)c1. The summed E-state index contributed by atoms with van der Waals surface area (Å²) in [6, 6.07) is 19.7. The van der Waals surface area contributed by atoms with Crippen molar-refractivity contribution in [2.24, 2.45) is 0 Å². The van der Waals surface area contributed by atoms with Crippen LogP contribution in [0.2, 0.25) is 0 Å². The number of halogens is 1. The van der Waals surface area contributed by atoms with Gasteiger partial charge in [-0.15, -0.1) is 0 Å². The predicted octanol–water partition coefficient (Wildman–Crippen LogP) is 5.11. The zero-order valence-electron chi connectivity index (χ0n) is 13.1. The summed E-state index contributed by atoms with van der Waals surface area (Å²) in [5.74, 6) is 0.183. The summed E-state index contributed by atoms with van der Waals surface area (Å²) in [5.41, 5.74) is 0.727. The van der Waals surface area contributed by atoms with E-state index in [4.69, 9.17) is 9.47 Å². The number of non-ortho nitro benzene ring substituents is 1. The van der Waals surface area contributed by atoms with Crippen LogP contribution < -0.4 is 9.47 Å². The highest BCUT2D eigenvalue weighted by Crippen LogP contribution is 2.28. The smallest absolute Gasteiger partial charge is 0.272 e. The van der Waals surface area contributed by atoms with Gasteiger partial charge in [0.25, 0.3) is 5.69 Å². The van der Waals surface area contributed by atoms with Crippen LogP contribution in [-0.2, 0) is 6.61 Å². The van der Waals surface area contributed by atoms with Crippen molar-refractivity contribution in [2.75, 3.05) is 0 Å². The molecule has 0 heterocycles. The summed E-state index contributed by atoms with van der Waals surface area (Å²) >= 11 is 0. The Labute approximate surface area is 143 Å². The maximum Gasteiger partial charge on any atom is 0.272 e. The predicted molar refractivity (Wildman–Crippen MR) is 90.3 cm³/mol. The minimum absolute atomic E-state index is 0.0800. The lowest BCUT2D eigenvalue weighted by Gasteiger charge is -2.09. The maximum atomic E-state index is 13.8. The fourth-order valence-corrected chi connectivity index (χ4v) is 2.16. The summed E-state index contributed by atoms with van der Waals surface area (Å²) in [7, 11) is 0. The Bertz CT molecular complexity index is 866. The van der Waals surface area contributed by atoms with Gasteiger partial charge in [0.1, 0.15) is 18.1 Å². The highest BCUT2D eigenvalue weighted by molar-refractivity contribution is 5.41. The third kappa shape index (κ3) is 4.32. The highest BCUT2D eigenvalue weighted by Gasteiger charge is 2.12. The zero-order chi connectivity index (χ0) is 17.6. The van der Waals surface area contributed by atoms with Crippen LogP contribution in [0, 0.1) is 15.9 Å². The zero-order valence-corrected chi connectivity index (χ0v) is 13.1. The Hall–Kier alpha value is -3.41. The molecule has 0 atom stereocenters. The first-order valence-electron chi connectivity index (χ1n) is 7.50.